The molecule has 0 radical (unpaired) electrons. The Balaban J connectivity index is 0.00000121. The Morgan fingerprint density at radius 2 is 2.27 bits per heavy atom. The van der Waals surface area contributed by atoms with Crippen LogP contribution in [0.25, 0.3) is 11.0 Å². The molecule has 2 unspecified atom stereocenters. The number of aromatic nitrogens is 2. The summed E-state index contributed by atoms with van der Waals surface area (Å²) in [6.45, 7) is 1.78. The van der Waals surface area contributed by atoms with Gasteiger partial charge < -0.3 is 20.4 Å². The van der Waals surface area contributed by atoms with Crippen molar-refractivity contribution in [2.45, 2.75) is 31.4 Å². The van der Waals surface area contributed by atoms with Crippen molar-refractivity contribution in [2.75, 3.05) is 30.0 Å². The van der Waals surface area contributed by atoms with Gasteiger partial charge in [-0.15, -0.1) is 24.8 Å². The Labute approximate surface area is 169 Å². The van der Waals surface area contributed by atoms with E-state index < -0.39 is 0 Å². The fourth-order valence-corrected chi connectivity index (χ4v) is 4.19. The Morgan fingerprint density at radius 1 is 1.38 bits per heavy atom. The molecule has 1 aromatic heterocycles. The van der Waals surface area contributed by atoms with Gasteiger partial charge in [0.1, 0.15) is 11.9 Å². The lowest BCUT2D eigenvalue weighted by molar-refractivity contribution is -0.116. The van der Waals surface area contributed by atoms with Gasteiger partial charge in [0.15, 0.2) is 0 Å². The Morgan fingerprint density at radius 3 is 3.00 bits per heavy atom. The van der Waals surface area contributed by atoms with Crippen LogP contribution >= 0.6 is 36.6 Å². The summed E-state index contributed by atoms with van der Waals surface area (Å²) in [5, 5.41) is 6.38. The first-order valence-corrected chi connectivity index (χ1v) is 9.66. The van der Waals surface area contributed by atoms with Gasteiger partial charge in [-0.2, -0.15) is 11.8 Å². The molecule has 2 saturated heterocycles. The molecule has 2 aromatic rings. The van der Waals surface area contributed by atoms with Gasteiger partial charge in [0.25, 0.3) is 0 Å². The monoisotopic (exact) mass is 418 g/mol. The van der Waals surface area contributed by atoms with Gasteiger partial charge >= 0.3 is 0 Å². The van der Waals surface area contributed by atoms with Crippen LogP contribution in [0.15, 0.2) is 18.2 Å². The molecule has 26 heavy (non-hydrogen) atoms. The molecule has 0 aliphatic carbocycles. The van der Waals surface area contributed by atoms with Gasteiger partial charge in [0.05, 0.1) is 11.0 Å². The Hall–Kier alpha value is -0.990. The van der Waals surface area contributed by atoms with E-state index in [1.54, 1.807) is 0 Å². The van der Waals surface area contributed by atoms with E-state index in [0.717, 1.165) is 60.0 Å². The molecule has 2 aliphatic rings. The molecule has 2 aliphatic heterocycles. The highest BCUT2D eigenvalue weighted by molar-refractivity contribution is 7.99. The van der Waals surface area contributed by atoms with E-state index in [-0.39, 0.29) is 42.9 Å². The molecule has 2 fully saturated rings. The minimum Gasteiger partial charge on any atom is -0.370 e. The zero-order valence-electron chi connectivity index (χ0n) is 14.3. The molecular formula is C17H24Cl2N4O2S. The second-order valence-electron chi connectivity index (χ2n) is 6.33. The number of fused-ring (bicyclic) bond motifs is 1. The summed E-state index contributed by atoms with van der Waals surface area (Å²) in [7, 11) is 0. The molecule has 0 saturated carbocycles. The summed E-state index contributed by atoms with van der Waals surface area (Å²) in [6.07, 6.45) is 2.67. The number of carbonyl (C=O) groups excluding carboxylic acids is 1. The number of benzene rings is 1. The molecule has 9 heteroatoms. The van der Waals surface area contributed by atoms with Crippen molar-refractivity contribution in [1.29, 1.82) is 0 Å². The number of rotatable bonds is 4. The number of hydrogen-bond acceptors (Lipinski definition) is 5. The molecule has 1 aromatic carbocycles. The molecule has 0 bridgehead atoms. The summed E-state index contributed by atoms with van der Waals surface area (Å²) in [4.78, 5) is 20.2. The second-order valence-corrected chi connectivity index (χ2v) is 7.48. The summed E-state index contributed by atoms with van der Waals surface area (Å²) >= 11 is 1.90. The number of nitrogens with zero attached hydrogens (tertiary/aromatic N) is 1. The predicted molar refractivity (Wildman–Crippen MR) is 111 cm³/mol. The number of nitrogens with one attached hydrogen (secondary N) is 3. The number of carbonyl (C=O) groups is 1. The average molecular weight is 419 g/mol. The fraction of sp³-hybridized carbons (Fsp3) is 0.529. The number of aromatic amines is 1. The lowest BCUT2D eigenvalue weighted by atomic mass is 10.2. The van der Waals surface area contributed by atoms with Crippen molar-refractivity contribution in [1.82, 2.24) is 15.3 Å². The highest BCUT2D eigenvalue weighted by Crippen LogP contribution is 2.28. The van der Waals surface area contributed by atoms with Crippen molar-refractivity contribution in [3.63, 3.8) is 0 Å². The Bertz CT molecular complexity index is 731. The van der Waals surface area contributed by atoms with Gasteiger partial charge in [-0.25, -0.2) is 4.98 Å². The average Bonchev–Trinajstić information content (AvgIpc) is 3.24. The second kappa shape index (κ2) is 9.80. The van der Waals surface area contributed by atoms with Crippen molar-refractivity contribution >= 4 is 59.2 Å². The molecule has 4 rings (SSSR count). The highest BCUT2D eigenvalue weighted by Gasteiger charge is 2.21. The minimum absolute atomic E-state index is 0. The molecule has 0 spiro atoms. The van der Waals surface area contributed by atoms with Crippen LogP contribution in [-0.2, 0) is 9.53 Å². The van der Waals surface area contributed by atoms with Gasteiger partial charge in [-0.1, -0.05) is 0 Å². The van der Waals surface area contributed by atoms with E-state index in [1.807, 2.05) is 30.0 Å². The number of anilines is 1. The standard InChI is InChI=1S/C17H22N4O2S.2ClH/c22-16(9-12-10-24-7-5-18-12)19-11-3-4-13-14(8-11)21-17(20-13)15-2-1-6-23-15;;/h3-4,8,12,15,18H,1-2,5-7,9-10H2,(H,19,22)(H,20,21);2*1H. The van der Waals surface area contributed by atoms with Crippen molar-refractivity contribution < 1.29 is 9.53 Å². The van der Waals surface area contributed by atoms with E-state index in [4.69, 9.17) is 4.74 Å². The number of ether oxygens (including phenoxy) is 1. The van der Waals surface area contributed by atoms with Gasteiger partial charge in [-0.3, -0.25) is 4.79 Å². The summed E-state index contributed by atoms with van der Waals surface area (Å²) in [5.74, 6) is 3.06. The van der Waals surface area contributed by atoms with Crippen LogP contribution in [0.1, 0.15) is 31.2 Å². The molecule has 1 amide bonds. The van der Waals surface area contributed by atoms with Crippen LogP contribution in [0, 0.1) is 0 Å². The van der Waals surface area contributed by atoms with Gasteiger partial charge in [0.2, 0.25) is 5.91 Å². The maximum absolute atomic E-state index is 12.2. The summed E-state index contributed by atoms with van der Waals surface area (Å²) in [6, 6.07) is 6.06. The Kier molecular flexibility index (Phi) is 8.04. The van der Waals surface area contributed by atoms with Crippen LogP contribution in [0.3, 0.4) is 0 Å². The van der Waals surface area contributed by atoms with E-state index in [2.05, 4.69) is 20.6 Å². The number of thioether (sulfide) groups is 1. The quantitative estimate of drug-likeness (QED) is 0.709. The largest absolute Gasteiger partial charge is 0.370 e. The number of H-pyrrole nitrogens is 1. The fourth-order valence-electron chi connectivity index (χ4n) is 3.24. The zero-order chi connectivity index (χ0) is 16.4. The SMILES string of the molecule is Cl.Cl.O=C(CC1CSCCN1)Nc1ccc2nc(C3CCCO3)[nH]c2c1. The van der Waals surface area contributed by atoms with Gasteiger partial charge in [-0.05, 0) is 31.0 Å². The topological polar surface area (TPSA) is 79.0 Å². The van der Waals surface area contributed by atoms with Crippen LogP contribution in [0.2, 0.25) is 0 Å². The summed E-state index contributed by atoms with van der Waals surface area (Å²) < 4.78 is 5.68. The first-order valence-electron chi connectivity index (χ1n) is 8.50. The smallest absolute Gasteiger partial charge is 0.225 e. The maximum Gasteiger partial charge on any atom is 0.225 e. The summed E-state index contributed by atoms with van der Waals surface area (Å²) in [5.41, 5.74) is 2.65. The first kappa shape index (κ1) is 21.3. The van der Waals surface area contributed by atoms with Gasteiger partial charge in [0, 0.05) is 42.8 Å². The van der Waals surface area contributed by atoms with Crippen molar-refractivity contribution in [3.8, 4) is 0 Å². The molecular weight excluding hydrogens is 395 g/mol. The third kappa shape index (κ3) is 5.04. The number of halogens is 2. The first-order chi connectivity index (χ1) is 11.8. The minimum atomic E-state index is 0. The molecule has 2 atom stereocenters. The van der Waals surface area contributed by atoms with Crippen LogP contribution in [0.5, 0.6) is 0 Å². The lowest BCUT2D eigenvalue weighted by Gasteiger charge is -2.22. The van der Waals surface area contributed by atoms with Crippen LogP contribution in [0.4, 0.5) is 5.69 Å². The predicted octanol–water partition coefficient (Wildman–Crippen LogP) is 3.29. The van der Waals surface area contributed by atoms with Crippen LogP contribution < -0.4 is 10.6 Å². The number of imidazole rings is 1. The van der Waals surface area contributed by atoms with E-state index >= 15 is 0 Å². The van der Waals surface area contributed by atoms with Crippen LogP contribution in [-0.4, -0.2) is 46.6 Å². The van der Waals surface area contributed by atoms with E-state index in [0.29, 0.717) is 6.42 Å². The molecule has 3 N–H and O–H groups in total. The third-order valence-corrected chi connectivity index (χ3v) is 5.58. The third-order valence-electron chi connectivity index (χ3n) is 4.45. The lowest BCUT2D eigenvalue weighted by Crippen LogP contribution is -2.39. The molecule has 144 valence electrons. The van der Waals surface area contributed by atoms with Crippen molar-refractivity contribution in [3.05, 3.63) is 24.0 Å². The number of amides is 1. The zero-order valence-corrected chi connectivity index (χ0v) is 16.8. The van der Waals surface area contributed by atoms with Crippen molar-refractivity contribution in [2.24, 2.45) is 0 Å². The molecule has 6 nitrogen and oxygen atoms in total. The maximum atomic E-state index is 12.2. The highest BCUT2D eigenvalue weighted by atomic mass is 35.5. The molecule has 3 heterocycles. The van der Waals surface area contributed by atoms with E-state index in [1.165, 1.54) is 0 Å². The van der Waals surface area contributed by atoms with E-state index in [9.17, 15) is 4.79 Å². The normalized spacial score (nSPS) is 22.5. The number of hydrogen-bond donors (Lipinski definition) is 3.